The maximum absolute atomic E-state index is 13.6. The zero-order chi connectivity index (χ0) is 19.1. The first-order valence-corrected chi connectivity index (χ1v) is 8.42. The number of carboxylic acid groups (broad SMARTS) is 1. The van der Waals surface area contributed by atoms with Crippen molar-refractivity contribution in [1.82, 2.24) is 24.9 Å². The quantitative estimate of drug-likeness (QED) is 0.629. The van der Waals surface area contributed by atoms with E-state index in [2.05, 4.69) is 15.3 Å². The lowest BCUT2D eigenvalue weighted by Crippen LogP contribution is -2.38. The van der Waals surface area contributed by atoms with Crippen molar-refractivity contribution in [2.75, 3.05) is 18.8 Å². The van der Waals surface area contributed by atoms with E-state index in [-0.39, 0.29) is 23.2 Å². The second-order valence-corrected chi connectivity index (χ2v) is 6.46. The molecule has 0 spiro atoms. The summed E-state index contributed by atoms with van der Waals surface area (Å²) >= 11 is 0. The van der Waals surface area contributed by atoms with Gasteiger partial charge in [-0.15, -0.1) is 10.2 Å². The van der Waals surface area contributed by atoms with Crippen molar-refractivity contribution in [2.45, 2.75) is 18.9 Å². The minimum atomic E-state index is -0.937. The van der Waals surface area contributed by atoms with Crippen molar-refractivity contribution in [2.24, 2.45) is 0 Å². The van der Waals surface area contributed by atoms with Crippen LogP contribution in [0.1, 0.15) is 18.9 Å². The van der Waals surface area contributed by atoms with Crippen LogP contribution in [0, 0.1) is 5.82 Å². The fraction of sp³-hybridized carbons (Fsp3) is 0.294. The summed E-state index contributed by atoms with van der Waals surface area (Å²) in [7, 11) is 0. The molecule has 0 atom stereocenters. The first-order valence-electron chi connectivity index (χ1n) is 8.42. The molecule has 0 aliphatic carbocycles. The van der Waals surface area contributed by atoms with E-state index in [4.69, 9.17) is 10.8 Å². The van der Waals surface area contributed by atoms with Crippen molar-refractivity contribution in [1.29, 1.82) is 0 Å². The summed E-state index contributed by atoms with van der Waals surface area (Å²) in [6, 6.07) is 5.20. The van der Waals surface area contributed by atoms with Gasteiger partial charge >= 0.3 is 6.09 Å². The number of hydrogen-bond donors (Lipinski definition) is 3. The lowest BCUT2D eigenvalue weighted by Gasteiger charge is -2.30. The number of rotatable bonds is 2. The molecule has 0 radical (unpaired) electrons. The highest BCUT2D eigenvalue weighted by Crippen LogP contribution is 2.33. The Bertz CT molecular complexity index is 1030. The molecular weight excluding hydrogens is 355 g/mol. The van der Waals surface area contributed by atoms with E-state index in [0.29, 0.717) is 42.7 Å². The van der Waals surface area contributed by atoms with Gasteiger partial charge in [0.05, 0.1) is 17.3 Å². The Balaban J connectivity index is 1.74. The Morgan fingerprint density at radius 2 is 1.96 bits per heavy atom. The largest absolute Gasteiger partial charge is 0.507 e. The maximum Gasteiger partial charge on any atom is 0.407 e. The van der Waals surface area contributed by atoms with Crippen LogP contribution in [0.5, 0.6) is 5.75 Å². The standard InChI is InChI=1S/C17H17FN6O3/c18-9-1-2-14(25)11(7-9)12-8-13-15(21-20-12)16(19)22-24(13)10-3-5-23(6-4-10)17(26)27/h1-2,7-8,10,25H,3-6H2,(H2,19,22)(H,26,27). The average Bonchev–Trinajstić information content (AvgIpc) is 3.00. The van der Waals surface area contributed by atoms with E-state index in [1.807, 2.05) is 0 Å². The molecule has 3 heterocycles. The predicted octanol–water partition coefficient (Wildman–Crippen LogP) is 2.24. The third kappa shape index (κ3) is 2.98. The highest BCUT2D eigenvalue weighted by atomic mass is 19.1. The van der Waals surface area contributed by atoms with Crippen LogP contribution < -0.4 is 5.73 Å². The zero-order valence-electron chi connectivity index (χ0n) is 14.2. The summed E-state index contributed by atoms with van der Waals surface area (Å²) in [5.74, 6) is -0.397. The number of nitrogen functional groups attached to an aromatic ring is 1. The molecule has 27 heavy (non-hydrogen) atoms. The summed E-state index contributed by atoms with van der Waals surface area (Å²) in [4.78, 5) is 12.4. The maximum atomic E-state index is 13.6. The molecule has 1 aliphatic rings. The van der Waals surface area contributed by atoms with Crippen LogP contribution in [0.4, 0.5) is 15.0 Å². The van der Waals surface area contributed by atoms with Crippen LogP contribution in [0.15, 0.2) is 24.3 Å². The van der Waals surface area contributed by atoms with Gasteiger partial charge in [-0.3, -0.25) is 4.68 Å². The average molecular weight is 372 g/mol. The number of phenolic OH excluding ortho intramolecular Hbond substituents is 1. The molecule has 1 amide bonds. The van der Waals surface area contributed by atoms with Gasteiger partial charge in [0, 0.05) is 18.7 Å². The van der Waals surface area contributed by atoms with Crippen LogP contribution in [0.2, 0.25) is 0 Å². The number of aromatic nitrogens is 4. The number of piperidine rings is 1. The number of amides is 1. The van der Waals surface area contributed by atoms with Crippen LogP contribution in [0.3, 0.4) is 0 Å². The number of hydrogen-bond acceptors (Lipinski definition) is 6. The Morgan fingerprint density at radius 3 is 2.67 bits per heavy atom. The molecule has 4 rings (SSSR count). The Hall–Kier alpha value is -3.43. The topological polar surface area (TPSA) is 130 Å². The predicted molar refractivity (Wildman–Crippen MR) is 94.7 cm³/mol. The minimum Gasteiger partial charge on any atom is -0.507 e. The van der Waals surface area contributed by atoms with Gasteiger partial charge in [0.2, 0.25) is 0 Å². The van der Waals surface area contributed by atoms with E-state index < -0.39 is 11.9 Å². The number of aromatic hydroxyl groups is 1. The molecule has 1 aliphatic heterocycles. The van der Waals surface area contributed by atoms with E-state index >= 15 is 0 Å². The summed E-state index contributed by atoms with van der Waals surface area (Å²) in [5, 5.41) is 31.6. The lowest BCUT2D eigenvalue weighted by atomic mass is 10.1. The number of anilines is 1. The summed E-state index contributed by atoms with van der Waals surface area (Å²) in [5.41, 5.74) is 7.49. The number of nitrogens with two attached hydrogens (primary N) is 1. The molecule has 2 aromatic heterocycles. The molecule has 0 saturated carbocycles. The molecule has 9 nitrogen and oxygen atoms in total. The highest BCUT2D eigenvalue weighted by molar-refractivity contribution is 5.87. The number of halogens is 1. The van der Waals surface area contributed by atoms with Crippen molar-refractivity contribution >= 4 is 22.9 Å². The van der Waals surface area contributed by atoms with Gasteiger partial charge in [0.1, 0.15) is 11.6 Å². The van der Waals surface area contributed by atoms with Gasteiger partial charge in [-0.1, -0.05) is 0 Å². The second kappa shape index (κ2) is 6.38. The third-order valence-electron chi connectivity index (χ3n) is 4.79. The van der Waals surface area contributed by atoms with E-state index in [0.717, 1.165) is 6.07 Å². The van der Waals surface area contributed by atoms with E-state index in [1.54, 1.807) is 10.7 Å². The number of benzene rings is 1. The van der Waals surface area contributed by atoms with Crippen molar-refractivity contribution in [3.8, 4) is 17.0 Å². The Kier molecular flexibility index (Phi) is 4.02. The SMILES string of the molecule is Nc1nn(C2CCN(C(=O)O)CC2)c2cc(-c3cc(F)ccc3O)nnc12. The number of phenols is 1. The van der Waals surface area contributed by atoms with Crippen LogP contribution in [0.25, 0.3) is 22.3 Å². The third-order valence-corrected chi connectivity index (χ3v) is 4.79. The second-order valence-electron chi connectivity index (χ2n) is 6.46. The molecular formula is C17H17FN6O3. The molecule has 1 saturated heterocycles. The Morgan fingerprint density at radius 1 is 1.22 bits per heavy atom. The van der Waals surface area contributed by atoms with Crippen molar-refractivity contribution in [3.05, 3.63) is 30.1 Å². The monoisotopic (exact) mass is 372 g/mol. The number of fused-ring (bicyclic) bond motifs is 1. The molecule has 140 valence electrons. The lowest BCUT2D eigenvalue weighted by molar-refractivity contribution is 0.124. The van der Waals surface area contributed by atoms with Gasteiger partial charge in [-0.25, -0.2) is 9.18 Å². The molecule has 4 N–H and O–H groups in total. The van der Waals surface area contributed by atoms with Crippen LogP contribution in [-0.4, -0.2) is 54.3 Å². The molecule has 0 bridgehead atoms. The first-order chi connectivity index (χ1) is 12.9. The highest BCUT2D eigenvalue weighted by Gasteiger charge is 2.26. The fourth-order valence-corrected chi connectivity index (χ4v) is 3.38. The number of likely N-dealkylation sites (tertiary alicyclic amines) is 1. The van der Waals surface area contributed by atoms with Gasteiger partial charge in [-0.05, 0) is 37.1 Å². The zero-order valence-corrected chi connectivity index (χ0v) is 14.2. The molecule has 10 heteroatoms. The fourth-order valence-electron chi connectivity index (χ4n) is 3.38. The minimum absolute atomic E-state index is 0.0430. The van der Waals surface area contributed by atoms with Crippen LogP contribution >= 0.6 is 0 Å². The summed E-state index contributed by atoms with van der Waals surface area (Å²) < 4.78 is 15.3. The molecule has 3 aromatic rings. The van der Waals surface area contributed by atoms with Crippen molar-refractivity contribution < 1.29 is 19.4 Å². The molecule has 1 fully saturated rings. The van der Waals surface area contributed by atoms with Gasteiger partial charge in [0.25, 0.3) is 0 Å². The van der Waals surface area contributed by atoms with Gasteiger partial charge < -0.3 is 20.8 Å². The summed E-state index contributed by atoms with van der Waals surface area (Å²) in [6.07, 6.45) is 0.240. The number of nitrogens with zero attached hydrogens (tertiary/aromatic N) is 5. The van der Waals surface area contributed by atoms with E-state index in [9.17, 15) is 14.3 Å². The Labute approximate surface area is 152 Å². The molecule has 0 unspecified atom stereocenters. The normalized spacial score (nSPS) is 15.4. The number of carbonyl (C=O) groups is 1. The molecule has 1 aromatic carbocycles. The smallest absolute Gasteiger partial charge is 0.407 e. The van der Waals surface area contributed by atoms with E-state index in [1.165, 1.54) is 17.0 Å². The van der Waals surface area contributed by atoms with Gasteiger partial charge in [0.15, 0.2) is 11.3 Å². The summed E-state index contributed by atoms with van der Waals surface area (Å²) in [6.45, 7) is 0.800. The first kappa shape index (κ1) is 17.0. The van der Waals surface area contributed by atoms with Crippen molar-refractivity contribution in [3.63, 3.8) is 0 Å². The van der Waals surface area contributed by atoms with Gasteiger partial charge in [-0.2, -0.15) is 5.10 Å². The van der Waals surface area contributed by atoms with Crippen LogP contribution in [-0.2, 0) is 0 Å².